The van der Waals surface area contributed by atoms with Crippen LogP contribution in [-0.2, 0) is 198 Å². The van der Waals surface area contributed by atoms with Crippen molar-refractivity contribution >= 4 is 241 Å². The number of benzene rings is 6. The number of hydrogen-bond acceptors (Lipinski definition) is 8. The summed E-state index contributed by atoms with van der Waals surface area (Å²) >= 11 is 22.1. The molecule has 9 rings (SSSR count). The molecule has 25 heteroatoms. The van der Waals surface area contributed by atoms with E-state index in [2.05, 4.69) is 271 Å². The van der Waals surface area contributed by atoms with Gasteiger partial charge in [-0.25, -0.2) is 0 Å². The minimum absolute atomic E-state index is 0.000942. The Morgan fingerprint density at radius 3 is 0.918 bits per heavy atom. The van der Waals surface area contributed by atoms with E-state index in [0.717, 1.165) is 15.6 Å². The molecule has 4 nitrogen and oxygen atoms in total. The SMILES string of the molecule is CC1(C)c2ccccc2N(c2ccc(B3OC(C)(C)C(C)(C)O3)cc2)c2ccccc21.CC1(C)c2ccccc2N(c2ccc(Br)cc2)c2ccccc21.S=S=S=S=S=S=S=S=S.S=S=S=S=S=S=S=S=S=S. The summed E-state index contributed by atoms with van der Waals surface area (Å²) in [5, 5.41) is 0. The Kier molecular flexibility index (Phi) is 25.1. The summed E-state index contributed by atoms with van der Waals surface area (Å²) in [5.74, 6) is 0. The zero-order valence-corrected chi connectivity index (χ0v) is 57.4. The van der Waals surface area contributed by atoms with Gasteiger partial charge in [0, 0.05) is 205 Å². The molecular weight excluding hydrogens is 1340 g/mol. The molecule has 0 saturated carbocycles. The fraction of sp³-hybridized carbons (Fsp3) is 0.250. The van der Waals surface area contributed by atoms with Crippen LogP contribution in [0.4, 0.5) is 34.1 Å². The topological polar surface area (TPSA) is 24.9 Å². The van der Waals surface area contributed by atoms with Crippen LogP contribution in [0.1, 0.15) is 77.6 Å². The Morgan fingerprint density at radius 1 is 0.370 bits per heavy atom. The molecule has 0 amide bonds. The van der Waals surface area contributed by atoms with Crippen LogP contribution >= 0.6 is 15.9 Å². The van der Waals surface area contributed by atoms with E-state index in [1.165, 1.54) is 86.2 Å². The molecule has 3 heterocycles. The van der Waals surface area contributed by atoms with Gasteiger partial charge < -0.3 is 19.1 Å². The van der Waals surface area contributed by atoms with Crippen LogP contribution in [0.15, 0.2) is 150 Å². The minimum atomic E-state index is -0.348. The van der Waals surface area contributed by atoms with Crippen LogP contribution < -0.4 is 15.3 Å². The van der Waals surface area contributed by atoms with Gasteiger partial charge in [0.15, 0.2) is 0 Å². The second-order valence-corrected chi connectivity index (χ2v) is 45.1. The van der Waals surface area contributed by atoms with Gasteiger partial charge in [0.1, 0.15) is 0 Å². The van der Waals surface area contributed by atoms with Crippen LogP contribution in [-0.4, -0.2) is 18.3 Å². The highest BCUT2D eigenvalue weighted by Crippen LogP contribution is 2.53. The van der Waals surface area contributed by atoms with Crippen molar-refractivity contribution in [3.63, 3.8) is 0 Å². The first kappa shape index (κ1) is 61.8. The van der Waals surface area contributed by atoms with Crippen molar-refractivity contribution in [2.45, 2.75) is 77.4 Å². The lowest BCUT2D eigenvalue weighted by Gasteiger charge is -2.42. The van der Waals surface area contributed by atoms with E-state index in [1.54, 1.807) is 97.7 Å². The molecule has 0 radical (unpaired) electrons. The second-order valence-electron chi connectivity index (χ2n) is 17.7. The summed E-state index contributed by atoms with van der Waals surface area (Å²) in [6, 6.07) is 52.0. The maximum absolute atomic E-state index is 6.24. The van der Waals surface area contributed by atoms with Crippen LogP contribution in [0.2, 0.25) is 0 Å². The lowest BCUT2D eigenvalue weighted by molar-refractivity contribution is 0.00578. The number of rotatable bonds is 3. The predicted octanol–water partition coefficient (Wildman–Crippen LogP) is 12.6. The maximum atomic E-state index is 6.24. The molecule has 6 aromatic rings. The lowest BCUT2D eigenvalue weighted by Crippen LogP contribution is -2.41. The van der Waals surface area contributed by atoms with Gasteiger partial charge in [0.2, 0.25) is 0 Å². The minimum Gasteiger partial charge on any atom is -0.399 e. The van der Waals surface area contributed by atoms with Gasteiger partial charge in [-0.3, -0.25) is 0 Å². The lowest BCUT2D eigenvalue weighted by atomic mass is 9.73. The highest BCUT2D eigenvalue weighted by Gasteiger charge is 2.51. The van der Waals surface area contributed by atoms with Gasteiger partial charge in [-0.05, 0) is 116 Å². The number of halogens is 1. The zero-order valence-electron chi connectivity index (χ0n) is 40.3. The largest absolute Gasteiger partial charge is 0.494 e. The van der Waals surface area contributed by atoms with Gasteiger partial charge in [-0.1, -0.05) is 129 Å². The van der Waals surface area contributed by atoms with Crippen LogP contribution in [0.5, 0.6) is 0 Å². The van der Waals surface area contributed by atoms with Crippen molar-refractivity contribution in [2.75, 3.05) is 9.80 Å². The third-order valence-corrected chi connectivity index (χ3v) is 41.8. The molecule has 0 N–H and O–H groups in total. The van der Waals surface area contributed by atoms with Crippen LogP contribution in [0.25, 0.3) is 0 Å². The average molecular weight is 1380 g/mol. The molecule has 0 spiro atoms. The van der Waals surface area contributed by atoms with E-state index >= 15 is 0 Å². The van der Waals surface area contributed by atoms with Gasteiger partial charge in [0.25, 0.3) is 0 Å². The molecular formula is C48H48BBrN2O2S19. The predicted molar refractivity (Wildman–Crippen MR) is 370 cm³/mol. The summed E-state index contributed by atoms with van der Waals surface area (Å²) in [6.45, 7) is 17.6. The highest BCUT2D eigenvalue weighted by molar-refractivity contribution is 9.10. The maximum Gasteiger partial charge on any atom is 0.494 e. The van der Waals surface area contributed by atoms with Crippen molar-refractivity contribution in [3.05, 3.63) is 172 Å². The standard InChI is InChI=1S/C27H30BNO2.C21H18BrN.S10.S9/c1-25(2)21-11-7-9-13-23(21)29(24-14-10-8-12-22(24)25)20-17-15-19(16-18-20)28-30-26(3,4)27(5,6)31-28;1-21(2)17-7-3-5-9-19(17)23(16-13-11-15(22)12-14-16)20-10-6-4-8-18(20)21;1-3-5-7-9-10-8-6-4-2;1-3-5-7-9-8-6-4-2/h7-18H,1-6H3;3-14H,1-2H3;;. The molecule has 0 bridgehead atoms. The van der Waals surface area contributed by atoms with Gasteiger partial charge in [-0.2, -0.15) is 0 Å². The van der Waals surface area contributed by atoms with Gasteiger partial charge >= 0.3 is 7.12 Å². The Balaban J connectivity index is 0.000000181. The van der Waals surface area contributed by atoms with Gasteiger partial charge in [0.05, 0.1) is 34.0 Å². The summed E-state index contributed by atoms with van der Waals surface area (Å²) in [7, 11) is 23.2. The number of nitrogens with zero attached hydrogens (tertiary/aromatic N) is 2. The second kappa shape index (κ2) is 29.7. The highest BCUT2D eigenvalue weighted by atomic mass is 79.9. The van der Waals surface area contributed by atoms with E-state index in [-0.39, 0.29) is 29.2 Å². The van der Waals surface area contributed by atoms with Crippen molar-refractivity contribution in [3.8, 4) is 0 Å². The molecule has 0 aromatic heterocycles. The summed E-state index contributed by atoms with van der Waals surface area (Å²) in [4.78, 5) is 4.73. The average Bonchev–Trinajstić information content (AvgIpc) is 3.62. The third kappa shape index (κ3) is 15.9. The van der Waals surface area contributed by atoms with Crippen molar-refractivity contribution < 1.29 is 9.31 Å². The molecule has 3 aliphatic rings. The third-order valence-electron chi connectivity index (χ3n) is 12.4. The van der Waals surface area contributed by atoms with E-state index in [4.69, 9.17) is 9.31 Å². The molecule has 0 aliphatic carbocycles. The normalized spacial score (nSPS) is 15.1. The van der Waals surface area contributed by atoms with E-state index in [1.807, 2.05) is 0 Å². The Morgan fingerprint density at radius 2 is 0.630 bits per heavy atom. The van der Waals surface area contributed by atoms with Gasteiger partial charge in [-0.15, -0.1) is 0 Å². The molecule has 6 aromatic carbocycles. The first-order valence-corrected chi connectivity index (χ1v) is 45.2. The Hall–Kier alpha value is -0.435. The van der Waals surface area contributed by atoms with E-state index in [0.29, 0.717) is 0 Å². The summed E-state index contributed by atoms with van der Waals surface area (Å²) in [6.07, 6.45) is 0. The number of anilines is 6. The van der Waals surface area contributed by atoms with E-state index in [9.17, 15) is 0 Å². The van der Waals surface area contributed by atoms with Crippen LogP contribution in [0, 0.1) is 0 Å². The van der Waals surface area contributed by atoms with Crippen molar-refractivity contribution in [1.29, 1.82) is 0 Å². The van der Waals surface area contributed by atoms with E-state index < -0.39 is 0 Å². The van der Waals surface area contributed by atoms with Crippen molar-refractivity contribution in [1.82, 2.24) is 0 Å². The molecule has 0 atom stereocenters. The molecule has 1 saturated heterocycles. The summed E-state index contributed by atoms with van der Waals surface area (Å²) < 4.78 is 13.6. The first-order chi connectivity index (χ1) is 35.0. The number of para-hydroxylation sites is 4. The fourth-order valence-electron chi connectivity index (χ4n) is 8.37. The molecule has 0 unspecified atom stereocenters. The quantitative estimate of drug-likeness (QED) is 0.162. The fourth-order valence-corrected chi connectivity index (χ4v) is 38.8. The molecule has 73 heavy (non-hydrogen) atoms. The first-order valence-electron chi connectivity index (χ1n) is 21.7. The van der Waals surface area contributed by atoms with Crippen LogP contribution in [0.3, 0.4) is 0 Å². The smallest absolute Gasteiger partial charge is 0.399 e. The molecule has 3 aliphatic heterocycles. The van der Waals surface area contributed by atoms with Crippen molar-refractivity contribution in [2.24, 2.45) is 0 Å². The zero-order chi connectivity index (χ0) is 52.7. The number of hydrogen-bond donors (Lipinski definition) is 0. The monoisotopic (exact) mass is 1380 g/mol. The summed E-state index contributed by atoms with van der Waals surface area (Å²) in [5.41, 5.74) is 13.0. The Bertz CT molecular complexity index is 3490. The molecule has 1 fully saturated rings. The molecule has 386 valence electrons. The Labute approximate surface area is 502 Å². The number of fused-ring (bicyclic) bond motifs is 4.